The number of halogens is 2. The molecule has 0 radical (unpaired) electrons. The van der Waals surface area contributed by atoms with Crippen LogP contribution in [0.4, 0.5) is 8.78 Å². The normalized spacial score (nSPS) is 19.1. The first-order chi connectivity index (χ1) is 16.5. The zero-order valence-electron chi connectivity index (χ0n) is 21.0. The minimum Gasteiger partial charge on any atom is -0.343 e. The van der Waals surface area contributed by atoms with E-state index in [1.54, 1.807) is 23.1 Å². The first kappa shape index (κ1) is 29.5. The second-order valence-corrected chi connectivity index (χ2v) is 8.63. The highest BCUT2D eigenvalue weighted by Crippen LogP contribution is 2.52. The molecule has 2 heterocycles. The van der Waals surface area contributed by atoms with Crippen LogP contribution in [0.15, 0.2) is 30.3 Å². The zero-order chi connectivity index (χ0) is 25.4. The molecule has 1 aromatic rings. The largest absolute Gasteiger partial charge is 0.343 e. The van der Waals surface area contributed by atoms with E-state index in [4.69, 9.17) is 5.26 Å². The highest BCUT2D eigenvalue weighted by atomic mass is 19.3. The van der Waals surface area contributed by atoms with E-state index in [0.717, 1.165) is 58.1 Å². The number of nitriles is 1. The Balaban J connectivity index is 0.000000248. The van der Waals surface area contributed by atoms with Crippen LogP contribution in [0, 0.1) is 17.2 Å². The molecule has 0 aromatic heterocycles. The van der Waals surface area contributed by atoms with Crippen LogP contribution >= 0.6 is 0 Å². The number of hydrogen-bond donors (Lipinski definition) is 0. The van der Waals surface area contributed by atoms with Gasteiger partial charge in [-0.2, -0.15) is 5.26 Å². The molecule has 2 amide bonds. The van der Waals surface area contributed by atoms with Gasteiger partial charge in [0, 0.05) is 31.6 Å². The molecule has 190 valence electrons. The predicted octanol–water partition coefficient (Wildman–Crippen LogP) is 6.36. The zero-order valence-corrected chi connectivity index (χ0v) is 21.0. The molecule has 1 saturated carbocycles. The van der Waals surface area contributed by atoms with Crippen molar-refractivity contribution in [2.75, 3.05) is 19.6 Å². The second kappa shape index (κ2) is 16.2. The smallest absolute Gasteiger partial charge is 0.263 e. The Morgan fingerprint density at radius 2 is 1.76 bits per heavy atom. The third kappa shape index (κ3) is 9.04. The van der Waals surface area contributed by atoms with Crippen LogP contribution in [0.5, 0.6) is 0 Å². The summed E-state index contributed by atoms with van der Waals surface area (Å²) in [5.41, 5.74) is 0.0637. The Kier molecular flexibility index (Phi) is 14.1. The summed E-state index contributed by atoms with van der Waals surface area (Å²) in [6.45, 7) is 8.96. The fourth-order valence-corrected chi connectivity index (χ4v) is 4.32. The molecule has 1 atom stereocenters. The molecule has 1 aliphatic carbocycles. The SMILES string of the molecule is CC.CCCCCC(=O)N1CCCC1.FC(F)c1ccccc1.N#CC1CCN(C=O)C12CC2. The lowest BCUT2D eigenvalue weighted by atomic mass is 10.0. The van der Waals surface area contributed by atoms with Crippen molar-refractivity contribution in [1.29, 1.82) is 5.26 Å². The first-order valence-electron chi connectivity index (χ1n) is 12.7. The van der Waals surface area contributed by atoms with E-state index in [2.05, 4.69) is 13.0 Å². The summed E-state index contributed by atoms with van der Waals surface area (Å²) in [7, 11) is 0. The van der Waals surface area contributed by atoms with Crippen LogP contribution in [-0.4, -0.2) is 47.3 Å². The Bertz CT molecular complexity index is 742. The minimum absolute atomic E-state index is 0.0174. The van der Waals surface area contributed by atoms with Gasteiger partial charge in [-0.05, 0) is 38.5 Å². The molecular formula is C27H41F2N3O2. The number of unbranched alkanes of at least 4 members (excludes halogenated alkanes) is 2. The van der Waals surface area contributed by atoms with Gasteiger partial charge in [0.05, 0.1) is 17.5 Å². The molecule has 2 saturated heterocycles. The lowest BCUT2D eigenvalue weighted by Crippen LogP contribution is -2.33. The van der Waals surface area contributed by atoms with E-state index in [9.17, 15) is 18.4 Å². The standard InChI is InChI=1S/C10H19NO.C8H10N2O.C7H6F2.C2H6/c1-2-3-4-7-10(12)11-8-5-6-9-11;9-5-7-1-4-10(6-11)8(7)2-3-8;8-7(9)6-4-2-1-3-5-6;1-2/h2-9H2,1H3;6-7H,1-4H2;1-5,7H;1-2H3. The maximum absolute atomic E-state index is 11.8. The van der Waals surface area contributed by atoms with Gasteiger partial charge in [-0.1, -0.05) is 63.9 Å². The number of benzene rings is 1. The number of alkyl halides is 2. The van der Waals surface area contributed by atoms with Crippen molar-refractivity contribution in [3.05, 3.63) is 35.9 Å². The molecule has 1 aromatic carbocycles. The van der Waals surface area contributed by atoms with Crippen molar-refractivity contribution < 1.29 is 18.4 Å². The number of carbonyl (C=O) groups is 2. The molecule has 0 N–H and O–H groups in total. The van der Waals surface area contributed by atoms with E-state index in [-0.39, 0.29) is 17.0 Å². The number of hydrogen-bond acceptors (Lipinski definition) is 3. The number of nitrogens with zero attached hydrogens (tertiary/aromatic N) is 3. The Hall–Kier alpha value is -2.49. The van der Waals surface area contributed by atoms with Gasteiger partial charge in [0.2, 0.25) is 12.3 Å². The van der Waals surface area contributed by atoms with Gasteiger partial charge in [-0.15, -0.1) is 0 Å². The summed E-state index contributed by atoms with van der Waals surface area (Å²) in [6, 6.07) is 10.0. The summed E-state index contributed by atoms with van der Waals surface area (Å²) >= 11 is 0. The molecule has 1 unspecified atom stereocenters. The first-order valence-corrected chi connectivity index (χ1v) is 12.7. The van der Waals surface area contributed by atoms with Gasteiger partial charge in [-0.3, -0.25) is 9.59 Å². The van der Waals surface area contributed by atoms with E-state index < -0.39 is 6.43 Å². The maximum atomic E-state index is 11.8. The lowest BCUT2D eigenvalue weighted by Gasteiger charge is -2.20. The highest BCUT2D eigenvalue weighted by Gasteiger charge is 2.57. The number of likely N-dealkylation sites (tertiary alicyclic amines) is 2. The molecule has 1 spiro atoms. The van der Waals surface area contributed by atoms with E-state index in [1.807, 2.05) is 18.7 Å². The van der Waals surface area contributed by atoms with Crippen molar-refractivity contribution in [2.45, 2.75) is 90.5 Å². The number of carbonyl (C=O) groups excluding carboxylic acids is 2. The Labute approximate surface area is 204 Å². The molecule has 4 rings (SSSR count). The van der Waals surface area contributed by atoms with Gasteiger partial charge >= 0.3 is 0 Å². The highest BCUT2D eigenvalue weighted by molar-refractivity contribution is 5.76. The van der Waals surface area contributed by atoms with Crippen molar-refractivity contribution in [3.63, 3.8) is 0 Å². The monoisotopic (exact) mass is 477 g/mol. The van der Waals surface area contributed by atoms with Crippen molar-refractivity contribution >= 4 is 12.3 Å². The molecule has 2 aliphatic heterocycles. The average molecular weight is 478 g/mol. The van der Waals surface area contributed by atoms with Crippen LogP contribution in [0.25, 0.3) is 0 Å². The number of amides is 2. The third-order valence-corrected chi connectivity index (χ3v) is 6.43. The van der Waals surface area contributed by atoms with Crippen molar-refractivity contribution in [2.24, 2.45) is 5.92 Å². The quantitative estimate of drug-likeness (QED) is 0.354. The molecule has 3 aliphatic rings. The van der Waals surface area contributed by atoms with Gasteiger partial charge in [0.25, 0.3) is 6.43 Å². The summed E-state index contributed by atoms with van der Waals surface area (Å²) in [5, 5.41) is 8.76. The molecule has 7 heteroatoms. The lowest BCUT2D eigenvalue weighted by molar-refractivity contribution is -0.130. The average Bonchev–Trinajstić information content (AvgIpc) is 3.32. The summed E-state index contributed by atoms with van der Waals surface area (Å²) in [5.74, 6) is 0.480. The predicted molar refractivity (Wildman–Crippen MR) is 131 cm³/mol. The molecule has 3 fully saturated rings. The summed E-state index contributed by atoms with van der Waals surface area (Å²) < 4.78 is 23.5. The van der Waals surface area contributed by atoms with Crippen LogP contribution in [0.1, 0.15) is 90.5 Å². The van der Waals surface area contributed by atoms with E-state index in [0.29, 0.717) is 5.91 Å². The third-order valence-electron chi connectivity index (χ3n) is 6.43. The van der Waals surface area contributed by atoms with Gasteiger partial charge in [0.15, 0.2) is 0 Å². The van der Waals surface area contributed by atoms with Crippen LogP contribution in [0.2, 0.25) is 0 Å². The van der Waals surface area contributed by atoms with Gasteiger partial charge < -0.3 is 9.80 Å². The fourth-order valence-electron chi connectivity index (χ4n) is 4.32. The summed E-state index contributed by atoms with van der Waals surface area (Å²) in [4.78, 5) is 25.8. The van der Waals surface area contributed by atoms with Gasteiger partial charge in [-0.25, -0.2) is 8.78 Å². The van der Waals surface area contributed by atoms with Crippen molar-refractivity contribution in [3.8, 4) is 6.07 Å². The van der Waals surface area contributed by atoms with Crippen molar-refractivity contribution in [1.82, 2.24) is 9.80 Å². The Morgan fingerprint density at radius 3 is 2.21 bits per heavy atom. The van der Waals surface area contributed by atoms with Gasteiger partial charge in [0.1, 0.15) is 0 Å². The number of rotatable bonds is 6. The fraction of sp³-hybridized carbons (Fsp3) is 0.667. The van der Waals surface area contributed by atoms with E-state index in [1.165, 1.54) is 37.8 Å². The van der Waals surface area contributed by atoms with E-state index >= 15 is 0 Å². The van der Waals surface area contributed by atoms with Crippen LogP contribution < -0.4 is 0 Å². The van der Waals surface area contributed by atoms with Crippen LogP contribution in [0.3, 0.4) is 0 Å². The summed E-state index contributed by atoms with van der Waals surface area (Å²) in [6.07, 6.45) is 8.14. The second-order valence-electron chi connectivity index (χ2n) is 8.63. The van der Waals surface area contributed by atoms with Crippen LogP contribution in [-0.2, 0) is 9.59 Å². The minimum atomic E-state index is -2.34. The maximum Gasteiger partial charge on any atom is 0.263 e. The topological polar surface area (TPSA) is 64.4 Å². The Morgan fingerprint density at radius 1 is 1.15 bits per heavy atom. The molecular weight excluding hydrogens is 436 g/mol. The molecule has 0 bridgehead atoms. The molecule has 5 nitrogen and oxygen atoms in total. The molecule has 34 heavy (non-hydrogen) atoms.